The molecule has 0 bridgehead atoms. The zero-order valence-electron chi connectivity index (χ0n) is 12.7. The molecule has 3 N–H and O–H groups in total. The number of rotatable bonds is 6. The van der Waals surface area contributed by atoms with Crippen LogP contribution in [0.3, 0.4) is 0 Å². The Bertz CT molecular complexity index is 643. The molecule has 116 valence electrons. The average Bonchev–Trinajstić information content (AvgIpc) is 2.49. The lowest BCUT2D eigenvalue weighted by Crippen LogP contribution is -2.31. The number of carbonyl (C=O) groups excluding carboxylic acids is 1. The lowest BCUT2D eigenvalue weighted by atomic mass is 10.1. The van der Waals surface area contributed by atoms with Crippen LogP contribution >= 0.6 is 11.6 Å². The van der Waals surface area contributed by atoms with E-state index in [1.54, 1.807) is 0 Å². The molecule has 0 fully saturated rings. The molecular weight excluding hydrogens is 298 g/mol. The number of carbonyl (C=O) groups is 1. The Morgan fingerprint density at radius 2 is 1.77 bits per heavy atom. The molecule has 22 heavy (non-hydrogen) atoms. The largest absolute Gasteiger partial charge is 0.350 e. The first kappa shape index (κ1) is 16.3. The molecule has 0 atom stereocenters. The molecule has 5 heteroatoms. The molecule has 0 heterocycles. The molecule has 1 amide bonds. The Kier molecular flexibility index (Phi) is 5.81. The maximum atomic E-state index is 12.2. The SMILES string of the molecule is CC(C)NC(=O)c1ccccc1CNNc1ccccc1Cl. The van der Waals surface area contributed by atoms with Gasteiger partial charge in [-0.25, -0.2) is 5.43 Å². The summed E-state index contributed by atoms with van der Waals surface area (Å²) >= 11 is 6.08. The fraction of sp³-hybridized carbons (Fsp3) is 0.235. The summed E-state index contributed by atoms with van der Waals surface area (Å²) in [5.41, 5.74) is 8.53. The van der Waals surface area contributed by atoms with E-state index < -0.39 is 0 Å². The predicted molar refractivity (Wildman–Crippen MR) is 91.0 cm³/mol. The third kappa shape index (κ3) is 4.48. The van der Waals surface area contributed by atoms with Crippen molar-refractivity contribution >= 4 is 23.2 Å². The van der Waals surface area contributed by atoms with E-state index in [0.29, 0.717) is 17.1 Å². The fourth-order valence-electron chi connectivity index (χ4n) is 2.03. The van der Waals surface area contributed by atoms with Crippen LogP contribution in [0.15, 0.2) is 48.5 Å². The Hall–Kier alpha value is -2.04. The van der Waals surface area contributed by atoms with Crippen molar-refractivity contribution in [2.75, 3.05) is 5.43 Å². The van der Waals surface area contributed by atoms with Crippen molar-refractivity contribution in [2.45, 2.75) is 26.4 Å². The lowest BCUT2D eigenvalue weighted by molar-refractivity contribution is 0.0942. The standard InChI is InChI=1S/C17H20ClN3O/c1-12(2)20-17(22)14-8-4-3-7-13(14)11-19-21-16-10-6-5-9-15(16)18/h3-10,12,19,21H,11H2,1-2H3,(H,20,22). The Balaban J connectivity index is 2.01. The molecule has 0 saturated heterocycles. The zero-order chi connectivity index (χ0) is 15.9. The van der Waals surface area contributed by atoms with Gasteiger partial charge in [0.1, 0.15) is 0 Å². The highest BCUT2D eigenvalue weighted by Gasteiger charge is 2.11. The number of hydrogen-bond donors (Lipinski definition) is 3. The third-order valence-corrected chi connectivity index (χ3v) is 3.39. The van der Waals surface area contributed by atoms with E-state index in [4.69, 9.17) is 11.6 Å². The first-order valence-corrected chi connectivity index (χ1v) is 7.58. The van der Waals surface area contributed by atoms with Gasteiger partial charge in [-0.2, -0.15) is 0 Å². The van der Waals surface area contributed by atoms with Crippen LogP contribution in [0.25, 0.3) is 0 Å². The summed E-state index contributed by atoms with van der Waals surface area (Å²) in [6.07, 6.45) is 0. The molecule has 2 aromatic rings. The van der Waals surface area contributed by atoms with Crippen LogP contribution in [-0.4, -0.2) is 11.9 Å². The second kappa shape index (κ2) is 7.82. The van der Waals surface area contributed by atoms with Crippen LogP contribution < -0.4 is 16.2 Å². The molecule has 0 aliphatic carbocycles. The molecule has 0 aliphatic heterocycles. The van der Waals surface area contributed by atoms with Gasteiger partial charge in [-0.3, -0.25) is 4.79 Å². The summed E-state index contributed by atoms with van der Waals surface area (Å²) in [4.78, 5) is 12.2. The van der Waals surface area contributed by atoms with Crippen LogP contribution in [0.2, 0.25) is 5.02 Å². The molecule has 0 saturated carbocycles. The van der Waals surface area contributed by atoms with Gasteiger partial charge in [0, 0.05) is 18.2 Å². The quantitative estimate of drug-likeness (QED) is 0.714. The van der Waals surface area contributed by atoms with Crippen molar-refractivity contribution in [1.29, 1.82) is 0 Å². The number of benzene rings is 2. The van der Waals surface area contributed by atoms with Gasteiger partial charge in [0.05, 0.1) is 10.7 Å². The molecule has 0 aliphatic rings. The lowest BCUT2D eigenvalue weighted by Gasteiger charge is -2.14. The summed E-state index contributed by atoms with van der Waals surface area (Å²) in [5, 5.41) is 3.55. The first-order valence-electron chi connectivity index (χ1n) is 7.20. The van der Waals surface area contributed by atoms with Crippen LogP contribution in [0, 0.1) is 0 Å². The van der Waals surface area contributed by atoms with Gasteiger partial charge in [-0.15, -0.1) is 0 Å². The van der Waals surface area contributed by atoms with Gasteiger partial charge in [-0.1, -0.05) is 41.9 Å². The van der Waals surface area contributed by atoms with Crippen LogP contribution in [-0.2, 0) is 6.54 Å². The number of nitrogens with one attached hydrogen (secondary N) is 3. The number of hydrazine groups is 1. The van der Waals surface area contributed by atoms with Crippen LogP contribution in [0.4, 0.5) is 5.69 Å². The number of amides is 1. The summed E-state index contributed by atoms with van der Waals surface area (Å²) in [5.74, 6) is -0.0647. The molecule has 0 aromatic heterocycles. The van der Waals surface area contributed by atoms with Gasteiger partial charge in [0.25, 0.3) is 5.91 Å². The van der Waals surface area contributed by atoms with Crippen molar-refractivity contribution < 1.29 is 4.79 Å². The second-order valence-electron chi connectivity index (χ2n) is 5.24. The predicted octanol–water partition coefficient (Wildman–Crippen LogP) is 3.59. The number of hydrogen-bond acceptors (Lipinski definition) is 3. The van der Waals surface area contributed by atoms with E-state index in [2.05, 4.69) is 16.2 Å². The second-order valence-corrected chi connectivity index (χ2v) is 5.65. The van der Waals surface area contributed by atoms with Crippen molar-refractivity contribution in [3.05, 3.63) is 64.7 Å². The number of para-hydroxylation sites is 1. The minimum atomic E-state index is -0.0647. The highest BCUT2D eigenvalue weighted by Crippen LogP contribution is 2.19. The summed E-state index contributed by atoms with van der Waals surface area (Å²) in [6, 6.07) is 15.1. The van der Waals surface area contributed by atoms with E-state index >= 15 is 0 Å². The maximum absolute atomic E-state index is 12.2. The third-order valence-electron chi connectivity index (χ3n) is 3.06. The van der Waals surface area contributed by atoms with Gasteiger partial charge in [0.15, 0.2) is 0 Å². The minimum Gasteiger partial charge on any atom is -0.350 e. The van der Waals surface area contributed by atoms with Gasteiger partial charge in [-0.05, 0) is 37.6 Å². The van der Waals surface area contributed by atoms with Gasteiger partial charge >= 0.3 is 0 Å². The number of halogens is 1. The minimum absolute atomic E-state index is 0.0647. The molecule has 2 aromatic carbocycles. The van der Waals surface area contributed by atoms with E-state index in [9.17, 15) is 4.79 Å². The van der Waals surface area contributed by atoms with Crippen molar-refractivity contribution in [3.63, 3.8) is 0 Å². The molecule has 0 unspecified atom stereocenters. The zero-order valence-corrected chi connectivity index (χ0v) is 13.4. The fourth-order valence-corrected chi connectivity index (χ4v) is 2.22. The molecule has 0 spiro atoms. The Labute approximate surface area is 135 Å². The van der Waals surface area contributed by atoms with Gasteiger partial charge in [0.2, 0.25) is 0 Å². The highest BCUT2D eigenvalue weighted by atomic mass is 35.5. The molecule has 0 radical (unpaired) electrons. The molecule has 4 nitrogen and oxygen atoms in total. The highest BCUT2D eigenvalue weighted by molar-refractivity contribution is 6.33. The van der Waals surface area contributed by atoms with Crippen molar-refractivity contribution in [1.82, 2.24) is 10.7 Å². The van der Waals surface area contributed by atoms with Gasteiger partial charge < -0.3 is 10.7 Å². The summed E-state index contributed by atoms with van der Waals surface area (Å²) in [6.45, 7) is 4.39. The monoisotopic (exact) mass is 317 g/mol. The number of anilines is 1. The molecule has 2 rings (SSSR count). The summed E-state index contributed by atoms with van der Waals surface area (Å²) in [7, 11) is 0. The van der Waals surface area contributed by atoms with E-state index in [0.717, 1.165) is 11.3 Å². The Morgan fingerprint density at radius 1 is 1.09 bits per heavy atom. The van der Waals surface area contributed by atoms with E-state index in [1.807, 2.05) is 62.4 Å². The Morgan fingerprint density at radius 3 is 2.50 bits per heavy atom. The van der Waals surface area contributed by atoms with Crippen LogP contribution in [0.5, 0.6) is 0 Å². The smallest absolute Gasteiger partial charge is 0.251 e. The molecular formula is C17H20ClN3O. The van der Waals surface area contributed by atoms with Crippen molar-refractivity contribution in [2.24, 2.45) is 0 Å². The van der Waals surface area contributed by atoms with E-state index in [-0.39, 0.29) is 11.9 Å². The summed E-state index contributed by atoms with van der Waals surface area (Å²) < 4.78 is 0. The first-order chi connectivity index (χ1) is 10.6. The van der Waals surface area contributed by atoms with Crippen LogP contribution in [0.1, 0.15) is 29.8 Å². The average molecular weight is 318 g/mol. The normalized spacial score (nSPS) is 10.5. The van der Waals surface area contributed by atoms with E-state index in [1.165, 1.54) is 0 Å². The van der Waals surface area contributed by atoms with Crippen molar-refractivity contribution in [3.8, 4) is 0 Å². The maximum Gasteiger partial charge on any atom is 0.251 e. The topological polar surface area (TPSA) is 53.2 Å².